The number of hydrogen-bond acceptors (Lipinski definition) is 1. The maximum atomic E-state index is 13.1. The number of aryl methyl sites for hydroxylation is 1. The largest absolute Gasteiger partial charge is 0.416 e. The van der Waals surface area contributed by atoms with Gasteiger partial charge in [0.25, 0.3) is 0 Å². The molecule has 166 valence electrons. The van der Waals surface area contributed by atoms with Gasteiger partial charge < -0.3 is 0 Å². The molecule has 1 nitrogen and oxygen atoms in total. The van der Waals surface area contributed by atoms with Crippen molar-refractivity contribution in [2.24, 2.45) is 0 Å². The lowest BCUT2D eigenvalue weighted by Crippen LogP contribution is -2.30. The smallest absolute Gasteiger partial charge is 0.299 e. The van der Waals surface area contributed by atoms with Crippen molar-refractivity contribution in [1.82, 2.24) is 4.90 Å². The van der Waals surface area contributed by atoms with Crippen molar-refractivity contribution in [1.29, 1.82) is 0 Å². The van der Waals surface area contributed by atoms with Gasteiger partial charge in [0, 0.05) is 6.54 Å². The molecule has 1 heterocycles. The van der Waals surface area contributed by atoms with Gasteiger partial charge in [-0.3, -0.25) is 4.90 Å². The molecular weight excluding hydrogens is 404 g/mol. The molecule has 0 N–H and O–H groups in total. The van der Waals surface area contributed by atoms with Crippen LogP contribution in [0.5, 0.6) is 0 Å². The summed E-state index contributed by atoms with van der Waals surface area (Å²) in [6.45, 7) is 4.29. The van der Waals surface area contributed by atoms with E-state index in [0.717, 1.165) is 56.5 Å². The SMILES string of the molecule is CCCc1ccc(C(F)(F)F)c(CN2CCCCC2)c1.FC(F)(F)c1ccccc1. The highest BCUT2D eigenvalue weighted by atomic mass is 19.4. The van der Waals surface area contributed by atoms with Crippen LogP contribution in [0.3, 0.4) is 0 Å². The molecule has 0 amide bonds. The molecule has 0 aromatic heterocycles. The molecule has 0 atom stereocenters. The van der Waals surface area contributed by atoms with Crippen LogP contribution in [0, 0.1) is 0 Å². The fraction of sp³-hybridized carbons (Fsp3) is 0.478. The first-order chi connectivity index (χ1) is 14.1. The standard InChI is InChI=1S/C16H22F3N.C7H5F3/c1-2-6-13-7-8-15(16(17,18)19)14(11-13)12-20-9-4-3-5-10-20;8-7(9,10)6-4-2-1-3-5-6/h7-8,11H,2-6,9-10,12H2,1H3;1-5H. The number of halogens is 6. The Morgan fingerprint density at radius 1 is 0.800 bits per heavy atom. The molecule has 0 radical (unpaired) electrons. The summed E-state index contributed by atoms with van der Waals surface area (Å²) in [5, 5.41) is 0. The van der Waals surface area contributed by atoms with Crippen molar-refractivity contribution >= 4 is 0 Å². The van der Waals surface area contributed by atoms with E-state index >= 15 is 0 Å². The summed E-state index contributed by atoms with van der Waals surface area (Å²) in [7, 11) is 0. The molecule has 2 aromatic rings. The van der Waals surface area contributed by atoms with Crippen LogP contribution in [0.25, 0.3) is 0 Å². The summed E-state index contributed by atoms with van der Waals surface area (Å²) in [6.07, 6.45) is -3.29. The predicted octanol–water partition coefficient (Wildman–Crippen LogP) is 7.35. The molecule has 1 aliphatic rings. The monoisotopic (exact) mass is 431 g/mol. The molecule has 0 bridgehead atoms. The number of nitrogens with zero attached hydrogens (tertiary/aromatic N) is 1. The van der Waals surface area contributed by atoms with Gasteiger partial charge in [0.1, 0.15) is 0 Å². The molecule has 0 unspecified atom stereocenters. The van der Waals surface area contributed by atoms with Gasteiger partial charge in [-0.25, -0.2) is 0 Å². The van der Waals surface area contributed by atoms with Crippen LogP contribution in [0.15, 0.2) is 48.5 Å². The minimum Gasteiger partial charge on any atom is -0.299 e. The average Bonchev–Trinajstić information content (AvgIpc) is 2.69. The van der Waals surface area contributed by atoms with Gasteiger partial charge in [0.05, 0.1) is 11.1 Å². The summed E-state index contributed by atoms with van der Waals surface area (Å²) in [5.41, 5.74) is 0.371. The molecule has 3 rings (SSSR count). The van der Waals surface area contributed by atoms with E-state index in [-0.39, 0.29) is 0 Å². The minimum absolute atomic E-state index is 0.423. The first kappa shape index (κ1) is 24.3. The third-order valence-electron chi connectivity index (χ3n) is 4.96. The Hall–Kier alpha value is -2.02. The van der Waals surface area contributed by atoms with Crippen LogP contribution >= 0.6 is 0 Å². The van der Waals surface area contributed by atoms with Crippen LogP contribution in [-0.4, -0.2) is 18.0 Å². The van der Waals surface area contributed by atoms with E-state index < -0.39 is 23.5 Å². The maximum Gasteiger partial charge on any atom is 0.416 e. The Morgan fingerprint density at radius 2 is 1.43 bits per heavy atom. The minimum atomic E-state index is -4.25. The van der Waals surface area contributed by atoms with Crippen LogP contribution in [0.2, 0.25) is 0 Å². The quantitative estimate of drug-likeness (QED) is 0.458. The van der Waals surface area contributed by atoms with Gasteiger partial charge >= 0.3 is 12.4 Å². The Bertz CT molecular complexity index is 761. The molecule has 2 aromatic carbocycles. The summed E-state index contributed by atoms with van der Waals surface area (Å²) in [4.78, 5) is 2.14. The van der Waals surface area contributed by atoms with E-state index in [1.165, 1.54) is 24.6 Å². The molecule has 30 heavy (non-hydrogen) atoms. The van der Waals surface area contributed by atoms with Crippen LogP contribution in [0.1, 0.15) is 54.9 Å². The Kier molecular flexibility index (Phi) is 8.77. The van der Waals surface area contributed by atoms with Crippen molar-refractivity contribution in [3.8, 4) is 0 Å². The van der Waals surface area contributed by atoms with Gasteiger partial charge in [-0.2, -0.15) is 26.3 Å². The highest BCUT2D eigenvalue weighted by Gasteiger charge is 2.33. The molecule has 0 spiro atoms. The fourth-order valence-corrected chi connectivity index (χ4v) is 3.48. The van der Waals surface area contributed by atoms with E-state index in [1.807, 2.05) is 6.92 Å². The van der Waals surface area contributed by atoms with Crippen molar-refractivity contribution in [3.05, 3.63) is 70.8 Å². The zero-order valence-electron chi connectivity index (χ0n) is 17.0. The van der Waals surface area contributed by atoms with Gasteiger partial charge in [0.15, 0.2) is 0 Å². The number of rotatable bonds is 4. The van der Waals surface area contributed by atoms with E-state index in [9.17, 15) is 26.3 Å². The molecule has 1 saturated heterocycles. The van der Waals surface area contributed by atoms with Gasteiger partial charge in [-0.15, -0.1) is 0 Å². The second-order valence-electron chi connectivity index (χ2n) is 7.44. The summed E-state index contributed by atoms with van der Waals surface area (Å²) in [5.74, 6) is 0. The third kappa shape index (κ3) is 7.67. The highest BCUT2D eigenvalue weighted by molar-refractivity contribution is 5.34. The van der Waals surface area contributed by atoms with Crippen molar-refractivity contribution in [2.75, 3.05) is 13.1 Å². The molecule has 1 aliphatic heterocycles. The predicted molar refractivity (Wildman–Crippen MR) is 106 cm³/mol. The zero-order chi connectivity index (χ0) is 22.2. The number of likely N-dealkylation sites (tertiary alicyclic amines) is 1. The van der Waals surface area contributed by atoms with Crippen molar-refractivity contribution in [3.63, 3.8) is 0 Å². The zero-order valence-corrected chi connectivity index (χ0v) is 17.0. The molecule has 0 saturated carbocycles. The summed E-state index contributed by atoms with van der Waals surface area (Å²) in [6, 6.07) is 11.0. The third-order valence-corrected chi connectivity index (χ3v) is 4.96. The lowest BCUT2D eigenvalue weighted by atomic mass is 9.99. The fourth-order valence-electron chi connectivity index (χ4n) is 3.48. The molecule has 7 heteroatoms. The molecule has 0 aliphatic carbocycles. The number of piperidine rings is 1. The number of alkyl halides is 6. The van der Waals surface area contributed by atoms with E-state index in [4.69, 9.17) is 0 Å². The lowest BCUT2D eigenvalue weighted by molar-refractivity contribution is -0.139. The van der Waals surface area contributed by atoms with Crippen molar-refractivity contribution < 1.29 is 26.3 Å². The van der Waals surface area contributed by atoms with Crippen LogP contribution in [-0.2, 0) is 25.3 Å². The van der Waals surface area contributed by atoms with E-state index in [2.05, 4.69) is 4.90 Å². The van der Waals surface area contributed by atoms with Crippen LogP contribution < -0.4 is 0 Å². The molecule has 1 fully saturated rings. The normalized spacial score (nSPS) is 15.4. The van der Waals surface area contributed by atoms with Gasteiger partial charge in [0.2, 0.25) is 0 Å². The van der Waals surface area contributed by atoms with E-state index in [0.29, 0.717) is 12.1 Å². The van der Waals surface area contributed by atoms with Gasteiger partial charge in [-0.05, 0) is 49.5 Å². The second kappa shape index (κ2) is 10.8. The Balaban J connectivity index is 0.000000269. The first-order valence-corrected chi connectivity index (χ1v) is 10.1. The first-order valence-electron chi connectivity index (χ1n) is 10.1. The van der Waals surface area contributed by atoms with Gasteiger partial charge in [-0.1, -0.05) is 62.2 Å². The van der Waals surface area contributed by atoms with Crippen molar-refractivity contribution in [2.45, 2.75) is 57.9 Å². The van der Waals surface area contributed by atoms with E-state index in [1.54, 1.807) is 18.2 Å². The second-order valence-corrected chi connectivity index (χ2v) is 7.44. The Labute approximate surface area is 173 Å². The average molecular weight is 431 g/mol. The summed E-state index contributed by atoms with van der Waals surface area (Å²) >= 11 is 0. The molecular formula is C23H27F6N. The highest BCUT2D eigenvalue weighted by Crippen LogP contribution is 2.33. The summed E-state index contributed by atoms with van der Waals surface area (Å²) < 4.78 is 74.7. The lowest BCUT2D eigenvalue weighted by Gasteiger charge is -2.27. The number of benzene rings is 2. The number of hydrogen-bond donors (Lipinski definition) is 0. The maximum absolute atomic E-state index is 13.1. The van der Waals surface area contributed by atoms with Crippen LogP contribution in [0.4, 0.5) is 26.3 Å². The Morgan fingerprint density at radius 3 is 1.93 bits per heavy atom. The topological polar surface area (TPSA) is 3.24 Å².